The zero-order valence-corrected chi connectivity index (χ0v) is 15.9. The predicted molar refractivity (Wildman–Crippen MR) is 101 cm³/mol. The van der Waals surface area contributed by atoms with Gasteiger partial charge in [0.15, 0.2) is 5.75 Å². The van der Waals surface area contributed by atoms with Gasteiger partial charge in [0.2, 0.25) is 5.91 Å². The third-order valence-corrected chi connectivity index (χ3v) is 4.04. The topological polar surface area (TPSA) is 106 Å². The molecule has 0 bridgehead atoms. The highest BCUT2D eigenvalue weighted by Gasteiger charge is 2.25. The molecule has 1 saturated heterocycles. The Morgan fingerprint density at radius 1 is 1.39 bits per heavy atom. The Hall–Kier alpha value is -2.30. The van der Waals surface area contributed by atoms with Crippen molar-refractivity contribution in [2.24, 2.45) is 11.7 Å². The lowest BCUT2D eigenvalue weighted by atomic mass is 10.2. The van der Waals surface area contributed by atoms with Gasteiger partial charge in [-0.05, 0) is 24.6 Å². The molecule has 8 nitrogen and oxygen atoms in total. The number of nitrogens with one attached hydrogen (secondary N) is 2. The van der Waals surface area contributed by atoms with Crippen LogP contribution in [0.15, 0.2) is 18.2 Å². The third kappa shape index (κ3) is 6.11. The lowest BCUT2D eigenvalue weighted by Crippen LogP contribution is -2.47. The number of ether oxygens (including phenoxy) is 2. The van der Waals surface area contributed by atoms with Crippen molar-refractivity contribution in [2.75, 3.05) is 43.1 Å². The van der Waals surface area contributed by atoms with Gasteiger partial charge >= 0.3 is 6.61 Å². The van der Waals surface area contributed by atoms with Crippen LogP contribution < -0.4 is 26.0 Å². The third-order valence-electron chi connectivity index (χ3n) is 4.04. The van der Waals surface area contributed by atoms with Gasteiger partial charge in [0.05, 0.1) is 18.3 Å². The Balaban J connectivity index is 2.18. The molecule has 1 aliphatic rings. The standard InChI is InChI=1S/C18H26F2N4O4/c1-11(2)9-22-13(8-21)17(26)23-12-3-4-14(15(7-12)28-18(19)20)24-5-6-27-10-16(24)25/h3-4,7,11,13,18,22H,5-6,8-10,21H2,1-2H3,(H,23,26)/t13-/m0/s1. The van der Waals surface area contributed by atoms with E-state index in [4.69, 9.17) is 10.5 Å². The Labute approximate surface area is 162 Å². The molecule has 1 aromatic carbocycles. The van der Waals surface area contributed by atoms with Crippen LogP contribution in [0.1, 0.15) is 13.8 Å². The van der Waals surface area contributed by atoms with Crippen LogP contribution in [-0.4, -0.2) is 57.3 Å². The lowest BCUT2D eigenvalue weighted by molar-refractivity contribution is -0.125. The maximum Gasteiger partial charge on any atom is 0.387 e. The fraction of sp³-hybridized carbons (Fsp3) is 0.556. The molecule has 1 atom stereocenters. The molecule has 28 heavy (non-hydrogen) atoms. The molecule has 10 heteroatoms. The number of carbonyl (C=O) groups excluding carboxylic acids is 2. The molecule has 0 aromatic heterocycles. The summed E-state index contributed by atoms with van der Waals surface area (Å²) in [5.41, 5.74) is 6.10. The number of amides is 2. The Morgan fingerprint density at radius 3 is 2.75 bits per heavy atom. The molecule has 1 heterocycles. The van der Waals surface area contributed by atoms with Gasteiger partial charge in [0.1, 0.15) is 6.61 Å². The SMILES string of the molecule is CC(C)CN[C@@H](CN)C(=O)Nc1ccc(N2CCOCC2=O)c(OC(F)F)c1. The number of nitrogens with two attached hydrogens (primary N) is 1. The summed E-state index contributed by atoms with van der Waals surface area (Å²) in [5, 5.41) is 5.69. The van der Waals surface area contributed by atoms with E-state index in [1.54, 1.807) is 0 Å². The minimum atomic E-state index is -3.08. The number of carbonyl (C=O) groups is 2. The summed E-state index contributed by atoms with van der Waals surface area (Å²) in [7, 11) is 0. The molecular weight excluding hydrogens is 374 g/mol. The average molecular weight is 400 g/mol. The van der Waals surface area contributed by atoms with Gasteiger partial charge in [-0.3, -0.25) is 9.59 Å². The van der Waals surface area contributed by atoms with Crippen LogP contribution in [0.25, 0.3) is 0 Å². The number of hydrogen-bond acceptors (Lipinski definition) is 6. The van der Waals surface area contributed by atoms with Crippen LogP contribution in [-0.2, 0) is 14.3 Å². The van der Waals surface area contributed by atoms with Crippen molar-refractivity contribution < 1.29 is 27.8 Å². The minimum Gasteiger partial charge on any atom is -0.433 e. The molecule has 0 radical (unpaired) electrons. The van der Waals surface area contributed by atoms with Crippen LogP contribution in [0.5, 0.6) is 5.75 Å². The highest BCUT2D eigenvalue weighted by Crippen LogP contribution is 2.33. The highest BCUT2D eigenvalue weighted by molar-refractivity contribution is 5.98. The largest absolute Gasteiger partial charge is 0.433 e. The maximum absolute atomic E-state index is 12.9. The molecule has 2 rings (SSSR count). The lowest BCUT2D eigenvalue weighted by Gasteiger charge is -2.28. The first-order chi connectivity index (χ1) is 13.3. The van der Waals surface area contributed by atoms with Gasteiger partial charge in [-0.1, -0.05) is 13.8 Å². The molecule has 0 aliphatic carbocycles. The van der Waals surface area contributed by atoms with Crippen molar-refractivity contribution in [2.45, 2.75) is 26.5 Å². The number of rotatable bonds is 9. The van der Waals surface area contributed by atoms with Crippen molar-refractivity contribution in [1.82, 2.24) is 5.32 Å². The van der Waals surface area contributed by atoms with E-state index in [1.807, 2.05) is 13.8 Å². The summed E-state index contributed by atoms with van der Waals surface area (Å²) in [6, 6.07) is 3.61. The van der Waals surface area contributed by atoms with Crippen molar-refractivity contribution in [1.29, 1.82) is 0 Å². The van der Waals surface area contributed by atoms with E-state index >= 15 is 0 Å². The van der Waals surface area contributed by atoms with Gasteiger partial charge in [0.25, 0.3) is 5.91 Å². The van der Waals surface area contributed by atoms with Crippen molar-refractivity contribution in [3.05, 3.63) is 18.2 Å². The summed E-state index contributed by atoms with van der Waals surface area (Å²) in [6.45, 7) is 1.98. The van der Waals surface area contributed by atoms with Gasteiger partial charge in [0, 0.05) is 24.8 Å². The maximum atomic E-state index is 12.9. The minimum absolute atomic E-state index is 0.0826. The van der Waals surface area contributed by atoms with Crippen LogP contribution in [0.2, 0.25) is 0 Å². The first-order valence-corrected chi connectivity index (χ1v) is 9.03. The van der Waals surface area contributed by atoms with Gasteiger partial charge in [-0.2, -0.15) is 8.78 Å². The number of morpholine rings is 1. The number of benzene rings is 1. The van der Waals surface area contributed by atoms with Gasteiger partial charge in [-0.25, -0.2) is 0 Å². The summed E-state index contributed by atoms with van der Waals surface area (Å²) in [6.07, 6.45) is 0. The van der Waals surface area contributed by atoms with E-state index in [0.717, 1.165) is 0 Å². The molecule has 1 aromatic rings. The first kappa shape index (κ1) is 22.0. The smallest absolute Gasteiger partial charge is 0.387 e. The summed E-state index contributed by atoms with van der Waals surface area (Å²) < 4.78 is 35.3. The fourth-order valence-electron chi connectivity index (χ4n) is 2.67. The normalized spacial score (nSPS) is 15.8. The molecule has 1 aliphatic heterocycles. The molecule has 2 amide bonds. The molecular formula is C18H26F2N4O4. The zero-order chi connectivity index (χ0) is 20.7. The number of halogens is 2. The number of alkyl halides is 2. The van der Waals surface area contributed by atoms with E-state index in [1.165, 1.54) is 23.1 Å². The zero-order valence-electron chi connectivity index (χ0n) is 15.9. The van der Waals surface area contributed by atoms with Crippen molar-refractivity contribution in [3.8, 4) is 5.75 Å². The molecule has 156 valence electrons. The second-order valence-corrected chi connectivity index (χ2v) is 6.74. The predicted octanol–water partition coefficient (Wildman–Crippen LogP) is 1.16. The first-order valence-electron chi connectivity index (χ1n) is 9.03. The van der Waals surface area contributed by atoms with Crippen LogP contribution in [0.4, 0.5) is 20.2 Å². The van der Waals surface area contributed by atoms with Gasteiger partial charge in [-0.15, -0.1) is 0 Å². The molecule has 4 N–H and O–H groups in total. The summed E-state index contributed by atoms with van der Waals surface area (Å²) >= 11 is 0. The van der Waals surface area contributed by atoms with E-state index < -0.39 is 12.7 Å². The van der Waals surface area contributed by atoms with Crippen LogP contribution in [0, 0.1) is 5.92 Å². The van der Waals surface area contributed by atoms with Gasteiger partial charge < -0.3 is 30.7 Å². The molecule has 0 spiro atoms. The number of hydrogen-bond donors (Lipinski definition) is 3. The molecule has 0 unspecified atom stereocenters. The second-order valence-electron chi connectivity index (χ2n) is 6.74. The van der Waals surface area contributed by atoms with Crippen LogP contribution >= 0.6 is 0 Å². The molecule has 1 fully saturated rings. The number of anilines is 2. The number of nitrogens with zero attached hydrogens (tertiary/aromatic N) is 1. The quantitative estimate of drug-likeness (QED) is 0.575. The summed E-state index contributed by atoms with van der Waals surface area (Å²) in [4.78, 5) is 25.7. The van der Waals surface area contributed by atoms with E-state index in [0.29, 0.717) is 12.5 Å². The van der Waals surface area contributed by atoms with E-state index in [2.05, 4.69) is 15.4 Å². The van der Waals surface area contributed by atoms with Crippen molar-refractivity contribution in [3.63, 3.8) is 0 Å². The van der Waals surface area contributed by atoms with Crippen molar-refractivity contribution >= 4 is 23.2 Å². The summed E-state index contributed by atoms with van der Waals surface area (Å²) in [5.74, 6) is -0.620. The van der Waals surface area contributed by atoms with Crippen LogP contribution in [0.3, 0.4) is 0 Å². The van der Waals surface area contributed by atoms with E-state index in [-0.39, 0.29) is 55.2 Å². The Kier molecular flexibility index (Phi) is 8.09. The monoisotopic (exact) mass is 400 g/mol. The highest BCUT2D eigenvalue weighted by atomic mass is 19.3. The molecule has 0 saturated carbocycles. The van der Waals surface area contributed by atoms with E-state index in [9.17, 15) is 18.4 Å². The Morgan fingerprint density at radius 2 is 2.14 bits per heavy atom. The second kappa shape index (κ2) is 10.3. The fourth-order valence-corrected chi connectivity index (χ4v) is 2.67. The Bertz CT molecular complexity index is 688. The average Bonchev–Trinajstić information content (AvgIpc) is 2.62.